The molecule has 0 saturated heterocycles. The van der Waals surface area contributed by atoms with Gasteiger partial charge in [-0.25, -0.2) is 4.79 Å². The van der Waals surface area contributed by atoms with Crippen molar-refractivity contribution < 1.29 is 19.5 Å². The minimum Gasteiger partial charge on any atom is -0.478 e. The number of hydrogen-bond acceptors (Lipinski definition) is 4. The molecule has 7 nitrogen and oxygen atoms in total. The van der Waals surface area contributed by atoms with Crippen LogP contribution < -0.4 is 10.9 Å². The second-order valence-electron chi connectivity index (χ2n) is 4.66. The van der Waals surface area contributed by atoms with Crippen LogP contribution in [0.15, 0.2) is 18.2 Å². The maximum Gasteiger partial charge on any atom is 0.335 e. The summed E-state index contributed by atoms with van der Waals surface area (Å²) in [5.41, 5.74) is 6.69. The van der Waals surface area contributed by atoms with Gasteiger partial charge in [-0.2, -0.15) is 0 Å². The van der Waals surface area contributed by atoms with Gasteiger partial charge in [0.1, 0.15) is 0 Å². The van der Waals surface area contributed by atoms with Crippen molar-refractivity contribution in [2.75, 3.05) is 6.54 Å². The van der Waals surface area contributed by atoms with Gasteiger partial charge in [0, 0.05) is 20.0 Å². The van der Waals surface area contributed by atoms with Crippen LogP contribution in [-0.2, 0) is 22.7 Å². The van der Waals surface area contributed by atoms with Crippen molar-refractivity contribution in [3.05, 3.63) is 34.9 Å². The number of carboxylic acid groups (broad SMARTS) is 1. The number of nitrogens with zero attached hydrogens (tertiary/aromatic N) is 1. The fourth-order valence-corrected chi connectivity index (χ4v) is 2.11. The Bertz CT molecular complexity index is 571. The maximum absolute atomic E-state index is 11.6. The standard InChI is InChI=1S/C13H15N3O4/c1-8(17)14-15-12(18)7-16-5-10-3-2-9(13(19)20)4-11(10)6-16/h2-4H,5-7H2,1H3,(H,14,17)(H,15,18)(H,19,20). The number of carbonyl (C=O) groups excluding carboxylic acids is 2. The zero-order valence-electron chi connectivity index (χ0n) is 11.0. The van der Waals surface area contributed by atoms with Crippen molar-refractivity contribution in [2.24, 2.45) is 0 Å². The predicted molar refractivity (Wildman–Crippen MR) is 69.5 cm³/mol. The van der Waals surface area contributed by atoms with Crippen molar-refractivity contribution in [2.45, 2.75) is 20.0 Å². The third kappa shape index (κ3) is 3.33. The molecule has 0 aliphatic carbocycles. The lowest BCUT2D eigenvalue weighted by Gasteiger charge is -2.14. The second-order valence-corrected chi connectivity index (χ2v) is 4.66. The summed E-state index contributed by atoms with van der Waals surface area (Å²) in [6, 6.07) is 4.95. The van der Waals surface area contributed by atoms with Gasteiger partial charge < -0.3 is 5.11 Å². The number of rotatable bonds is 3. The van der Waals surface area contributed by atoms with Crippen LogP contribution in [0, 0.1) is 0 Å². The maximum atomic E-state index is 11.6. The molecular weight excluding hydrogens is 262 g/mol. The largest absolute Gasteiger partial charge is 0.478 e. The van der Waals surface area contributed by atoms with Crippen LogP contribution in [0.2, 0.25) is 0 Å². The summed E-state index contributed by atoms with van der Waals surface area (Å²) in [5.74, 6) is -1.62. The number of carbonyl (C=O) groups is 3. The van der Waals surface area contributed by atoms with Crippen LogP contribution in [0.4, 0.5) is 0 Å². The Labute approximate surface area is 115 Å². The third-order valence-corrected chi connectivity index (χ3v) is 2.99. The molecule has 20 heavy (non-hydrogen) atoms. The average Bonchev–Trinajstić information content (AvgIpc) is 2.77. The lowest BCUT2D eigenvalue weighted by atomic mass is 10.1. The minimum atomic E-state index is -0.963. The summed E-state index contributed by atoms with van der Waals surface area (Å²) in [6.45, 7) is 2.55. The Morgan fingerprint density at radius 1 is 1.20 bits per heavy atom. The van der Waals surface area contributed by atoms with Crippen LogP contribution in [0.25, 0.3) is 0 Å². The van der Waals surface area contributed by atoms with E-state index in [0.29, 0.717) is 13.1 Å². The summed E-state index contributed by atoms with van der Waals surface area (Å²) < 4.78 is 0. The van der Waals surface area contributed by atoms with Crippen molar-refractivity contribution >= 4 is 17.8 Å². The van der Waals surface area contributed by atoms with Gasteiger partial charge >= 0.3 is 5.97 Å². The monoisotopic (exact) mass is 277 g/mol. The van der Waals surface area contributed by atoms with E-state index in [1.165, 1.54) is 6.92 Å². The summed E-state index contributed by atoms with van der Waals surface area (Å²) in [5, 5.41) is 8.93. The van der Waals surface area contributed by atoms with Gasteiger partial charge in [0.05, 0.1) is 12.1 Å². The lowest BCUT2D eigenvalue weighted by Crippen LogP contribution is -2.44. The topological polar surface area (TPSA) is 98.7 Å². The van der Waals surface area contributed by atoms with E-state index in [2.05, 4.69) is 10.9 Å². The van der Waals surface area contributed by atoms with Gasteiger partial charge in [-0.1, -0.05) is 6.07 Å². The summed E-state index contributed by atoms with van der Waals surface area (Å²) in [4.78, 5) is 35.0. The number of aromatic carboxylic acids is 1. The molecule has 2 amide bonds. The van der Waals surface area contributed by atoms with Crippen LogP contribution in [-0.4, -0.2) is 34.3 Å². The van der Waals surface area contributed by atoms with E-state index in [1.54, 1.807) is 18.2 Å². The highest BCUT2D eigenvalue weighted by molar-refractivity contribution is 5.88. The molecule has 0 spiro atoms. The zero-order chi connectivity index (χ0) is 14.7. The first-order valence-electron chi connectivity index (χ1n) is 6.08. The van der Waals surface area contributed by atoms with Crippen molar-refractivity contribution in [1.29, 1.82) is 0 Å². The molecule has 1 aliphatic rings. The Kier molecular flexibility index (Phi) is 3.99. The average molecular weight is 277 g/mol. The van der Waals surface area contributed by atoms with E-state index in [-0.39, 0.29) is 23.9 Å². The molecular formula is C13H15N3O4. The Morgan fingerprint density at radius 2 is 1.90 bits per heavy atom. The van der Waals surface area contributed by atoms with E-state index in [9.17, 15) is 14.4 Å². The smallest absolute Gasteiger partial charge is 0.335 e. The van der Waals surface area contributed by atoms with Gasteiger partial charge in [0.2, 0.25) is 5.91 Å². The first kappa shape index (κ1) is 14.0. The molecule has 0 bridgehead atoms. The Morgan fingerprint density at radius 3 is 2.55 bits per heavy atom. The molecule has 1 heterocycles. The molecule has 1 aliphatic heterocycles. The van der Waals surface area contributed by atoms with E-state index >= 15 is 0 Å². The van der Waals surface area contributed by atoms with Gasteiger partial charge in [-0.05, 0) is 23.3 Å². The highest BCUT2D eigenvalue weighted by Gasteiger charge is 2.22. The molecule has 0 fully saturated rings. The molecule has 0 saturated carbocycles. The van der Waals surface area contributed by atoms with Gasteiger partial charge in [-0.15, -0.1) is 0 Å². The fraction of sp³-hybridized carbons (Fsp3) is 0.308. The van der Waals surface area contributed by atoms with Crippen LogP contribution in [0.1, 0.15) is 28.4 Å². The zero-order valence-corrected chi connectivity index (χ0v) is 11.0. The number of benzene rings is 1. The molecule has 7 heteroatoms. The van der Waals surface area contributed by atoms with Gasteiger partial charge in [0.15, 0.2) is 0 Å². The first-order chi connectivity index (χ1) is 9.45. The molecule has 0 unspecified atom stereocenters. The first-order valence-corrected chi connectivity index (χ1v) is 6.08. The number of amides is 2. The highest BCUT2D eigenvalue weighted by atomic mass is 16.4. The molecule has 1 aromatic carbocycles. The second kappa shape index (κ2) is 5.70. The van der Waals surface area contributed by atoms with E-state index in [0.717, 1.165) is 11.1 Å². The Hall–Kier alpha value is -2.41. The van der Waals surface area contributed by atoms with Gasteiger partial charge in [0.25, 0.3) is 5.91 Å². The van der Waals surface area contributed by atoms with Crippen LogP contribution in [0.5, 0.6) is 0 Å². The van der Waals surface area contributed by atoms with Crippen molar-refractivity contribution in [3.8, 4) is 0 Å². The summed E-state index contributed by atoms with van der Waals surface area (Å²) in [6.07, 6.45) is 0. The lowest BCUT2D eigenvalue weighted by molar-refractivity contribution is -0.128. The fourth-order valence-electron chi connectivity index (χ4n) is 2.11. The normalized spacial score (nSPS) is 13.7. The molecule has 106 valence electrons. The molecule has 0 aromatic heterocycles. The van der Waals surface area contributed by atoms with Crippen molar-refractivity contribution in [3.63, 3.8) is 0 Å². The van der Waals surface area contributed by atoms with Crippen LogP contribution in [0.3, 0.4) is 0 Å². The van der Waals surface area contributed by atoms with E-state index in [1.807, 2.05) is 4.90 Å². The van der Waals surface area contributed by atoms with Crippen LogP contribution >= 0.6 is 0 Å². The number of hydrazine groups is 1. The van der Waals surface area contributed by atoms with Gasteiger partial charge in [-0.3, -0.25) is 25.3 Å². The number of fused-ring (bicyclic) bond motifs is 1. The Balaban J connectivity index is 1.94. The van der Waals surface area contributed by atoms with E-state index in [4.69, 9.17) is 5.11 Å². The summed E-state index contributed by atoms with van der Waals surface area (Å²) in [7, 11) is 0. The quantitative estimate of drug-likeness (QED) is 0.668. The van der Waals surface area contributed by atoms with Crippen molar-refractivity contribution in [1.82, 2.24) is 15.8 Å². The number of carboxylic acids is 1. The molecule has 3 N–H and O–H groups in total. The summed E-state index contributed by atoms with van der Waals surface area (Å²) >= 11 is 0. The molecule has 1 aromatic rings. The van der Waals surface area contributed by atoms with E-state index < -0.39 is 5.97 Å². The molecule has 0 radical (unpaired) electrons. The number of nitrogens with one attached hydrogen (secondary N) is 2. The molecule has 0 atom stereocenters. The SMILES string of the molecule is CC(=O)NNC(=O)CN1Cc2ccc(C(=O)O)cc2C1. The third-order valence-electron chi connectivity index (χ3n) is 2.99. The number of hydrogen-bond donors (Lipinski definition) is 3. The minimum absolute atomic E-state index is 0.136. The molecule has 2 rings (SSSR count). The predicted octanol–water partition coefficient (Wildman–Crippen LogP) is -0.132. The highest BCUT2D eigenvalue weighted by Crippen LogP contribution is 2.23.